The van der Waals surface area contributed by atoms with E-state index < -0.39 is 6.43 Å². The van der Waals surface area contributed by atoms with Gasteiger partial charge in [-0.15, -0.1) is 0 Å². The predicted octanol–water partition coefficient (Wildman–Crippen LogP) is 1.79. The van der Waals surface area contributed by atoms with Gasteiger partial charge in [0.05, 0.1) is 24.1 Å². The molecule has 0 saturated heterocycles. The van der Waals surface area contributed by atoms with Gasteiger partial charge in [-0.2, -0.15) is 0 Å². The number of methoxy groups -OCH3 is 1. The second-order valence-electron chi connectivity index (χ2n) is 2.83. The monoisotopic (exact) mass is 202 g/mol. The average Bonchev–Trinajstić information content (AvgIpc) is 2.16. The van der Waals surface area contributed by atoms with Gasteiger partial charge in [-0.3, -0.25) is 4.98 Å². The second-order valence-corrected chi connectivity index (χ2v) is 2.83. The molecule has 0 amide bonds. The van der Waals surface area contributed by atoms with E-state index in [-0.39, 0.29) is 17.9 Å². The minimum absolute atomic E-state index is 0.136. The molecule has 78 valence electrons. The van der Waals surface area contributed by atoms with Gasteiger partial charge in [0.15, 0.2) is 0 Å². The van der Waals surface area contributed by atoms with Crippen LogP contribution in [0.1, 0.15) is 23.4 Å². The van der Waals surface area contributed by atoms with Crippen LogP contribution < -0.4 is 10.5 Å². The number of rotatable bonds is 3. The van der Waals surface area contributed by atoms with Gasteiger partial charge in [0.2, 0.25) is 0 Å². The molecule has 3 nitrogen and oxygen atoms in total. The maximum Gasteiger partial charge on any atom is 0.267 e. The fraction of sp³-hybridized carbons (Fsp3) is 0.444. The molecule has 1 rings (SSSR count). The lowest BCUT2D eigenvalue weighted by Crippen LogP contribution is -2.05. The molecule has 0 aliphatic carbocycles. The van der Waals surface area contributed by atoms with Gasteiger partial charge >= 0.3 is 0 Å². The van der Waals surface area contributed by atoms with E-state index in [9.17, 15) is 8.78 Å². The minimum Gasteiger partial charge on any atom is -0.494 e. The van der Waals surface area contributed by atoms with Crippen LogP contribution in [0, 0.1) is 6.92 Å². The van der Waals surface area contributed by atoms with Crippen molar-refractivity contribution in [3.8, 4) is 5.75 Å². The van der Waals surface area contributed by atoms with Gasteiger partial charge in [-0.05, 0) is 13.0 Å². The summed E-state index contributed by atoms with van der Waals surface area (Å²) in [5.41, 5.74) is 6.06. The number of nitrogens with zero attached hydrogens (tertiary/aromatic N) is 1. The van der Waals surface area contributed by atoms with E-state index in [1.54, 1.807) is 6.92 Å². The molecule has 0 unspecified atom stereocenters. The van der Waals surface area contributed by atoms with Gasteiger partial charge in [0.1, 0.15) is 5.75 Å². The summed E-state index contributed by atoms with van der Waals surface area (Å²) in [7, 11) is 1.35. The molecule has 1 aromatic heterocycles. The minimum atomic E-state index is -2.57. The Kier molecular flexibility index (Phi) is 3.35. The standard InChI is InChI=1S/C9H12F2N2O/c1-5-8(14-2)7(9(10)11)3-6(4-12)13-5/h3,9H,4,12H2,1-2H3. The van der Waals surface area contributed by atoms with Crippen LogP contribution in [0.25, 0.3) is 0 Å². The number of hydrogen-bond acceptors (Lipinski definition) is 3. The number of pyridine rings is 1. The van der Waals surface area contributed by atoms with Crippen molar-refractivity contribution in [3.63, 3.8) is 0 Å². The molecule has 0 bridgehead atoms. The van der Waals surface area contributed by atoms with Crippen molar-refractivity contribution in [2.45, 2.75) is 19.9 Å². The largest absolute Gasteiger partial charge is 0.494 e. The van der Waals surface area contributed by atoms with Gasteiger partial charge in [-0.25, -0.2) is 8.78 Å². The summed E-state index contributed by atoms with van der Waals surface area (Å²) in [5, 5.41) is 0. The molecule has 0 aliphatic heterocycles. The number of aryl methyl sites for hydroxylation is 1. The Labute approximate surface area is 80.9 Å². The van der Waals surface area contributed by atoms with E-state index in [1.165, 1.54) is 13.2 Å². The Morgan fingerprint density at radius 1 is 1.57 bits per heavy atom. The molecule has 0 spiro atoms. The third-order valence-electron chi connectivity index (χ3n) is 1.87. The van der Waals surface area contributed by atoms with Crippen molar-refractivity contribution in [2.24, 2.45) is 5.73 Å². The van der Waals surface area contributed by atoms with Crippen molar-refractivity contribution < 1.29 is 13.5 Å². The molecular weight excluding hydrogens is 190 g/mol. The second kappa shape index (κ2) is 4.32. The van der Waals surface area contributed by atoms with E-state index >= 15 is 0 Å². The number of hydrogen-bond donors (Lipinski definition) is 1. The first-order chi connectivity index (χ1) is 6.60. The summed E-state index contributed by atoms with van der Waals surface area (Å²) < 4.78 is 30.0. The molecule has 0 aromatic carbocycles. The maximum absolute atomic E-state index is 12.6. The van der Waals surface area contributed by atoms with Crippen LogP contribution in [0.5, 0.6) is 5.75 Å². The van der Waals surface area contributed by atoms with Gasteiger partial charge < -0.3 is 10.5 Å². The van der Waals surface area contributed by atoms with E-state index in [0.29, 0.717) is 11.4 Å². The number of ether oxygens (including phenoxy) is 1. The highest BCUT2D eigenvalue weighted by Gasteiger charge is 2.17. The Hall–Kier alpha value is -1.23. The molecule has 1 aromatic rings. The van der Waals surface area contributed by atoms with Crippen LogP contribution in [0.4, 0.5) is 8.78 Å². The lowest BCUT2D eigenvalue weighted by atomic mass is 10.1. The quantitative estimate of drug-likeness (QED) is 0.812. The molecular formula is C9H12F2N2O. The zero-order valence-electron chi connectivity index (χ0n) is 8.05. The third kappa shape index (κ3) is 1.98. The van der Waals surface area contributed by atoms with Crippen LogP contribution in [0.15, 0.2) is 6.07 Å². The van der Waals surface area contributed by atoms with Crippen LogP contribution in [0.2, 0.25) is 0 Å². The molecule has 0 fully saturated rings. The number of aromatic nitrogens is 1. The summed E-state index contributed by atoms with van der Waals surface area (Å²) in [6.07, 6.45) is -2.57. The summed E-state index contributed by atoms with van der Waals surface area (Å²) in [6, 6.07) is 1.27. The molecule has 0 radical (unpaired) electrons. The highest BCUT2D eigenvalue weighted by molar-refractivity contribution is 5.39. The molecule has 14 heavy (non-hydrogen) atoms. The smallest absolute Gasteiger partial charge is 0.267 e. The van der Waals surface area contributed by atoms with Crippen LogP contribution in [-0.4, -0.2) is 12.1 Å². The van der Waals surface area contributed by atoms with E-state index in [1.807, 2.05) is 0 Å². The van der Waals surface area contributed by atoms with Gasteiger partial charge in [0, 0.05) is 6.54 Å². The fourth-order valence-corrected chi connectivity index (χ4v) is 1.28. The molecule has 1 heterocycles. The Morgan fingerprint density at radius 3 is 2.64 bits per heavy atom. The topological polar surface area (TPSA) is 48.1 Å². The van der Waals surface area contributed by atoms with Crippen molar-refractivity contribution in [2.75, 3.05) is 7.11 Å². The summed E-state index contributed by atoms with van der Waals surface area (Å²) in [4.78, 5) is 4.02. The summed E-state index contributed by atoms with van der Waals surface area (Å²) >= 11 is 0. The lowest BCUT2D eigenvalue weighted by Gasteiger charge is -2.11. The average molecular weight is 202 g/mol. The highest BCUT2D eigenvalue weighted by Crippen LogP contribution is 2.31. The number of alkyl halides is 2. The van der Waals surface area contributed by atoms with E-state index in [2.05, 4.69) is 4.98 Å². The van der Waals surface area contributed by atoms with E-state index in [4.69, 9.17) is 10.5 Å². The van der Waals surface area contributed by atoms with Crippen LogP contribution in [0.3, 0.4) is 0 Å². The molecule has 2 N–H and O–H groups in total. The molecule has 0 atom stereocenters. The zero-order chi connectivity index (χ0) is 10.7. The van der Waals surface area contributed by atoms with Crippen molar-refractivity contribution in [3.05, 3.63) is 23.0 Å². The third-order valence-corrected chi connectivity index (χ3v) is 1.87. The SMILES string of the molecule is COc1c(C(F)F)cc(CN)nc1C. The molecule has 0 saturated carbocycles. The van der Waals surface area contributed by atoms with Crippen LogP contribution in [-0.2, 0) is 6.54 Å². The zero-order valence-corrected chi connectivity index (χ0v) is 8.05. The first-order valence-corrected chi connectivity index (χ1v) is 4.12. The first kappa shape index (κ1) is 10.8. The van der Waals surface area contributed by atoms with Crippen molar-refractivity contribution in [1.29, 1.82) is 0 Å². The highest BCUT2D eigenvalue weighted by atomic mass is 19.3. The maximum atomic E-state index is 12.6. The van der Waals surface area contributed by atoms with Gasteiger partial charge in [0.25, 0.3) is 6.43 Å². The molecule has 5 heteroatoms. The lowest BCUT2D eigenvalue weighted by molar-refractivity contribution is 0.146. The Balaban J connectivity index is 3.28. The van der Waals surface area contributed by atoms with Crippen LogP contribution >= 0.6 is 0 Å². The Bertz CT molecular complexity index is 329. The summed E-state index contributed by atoms with van der Waals surface area (Å²) in [5.74, 6) is 0.136. The normalized spacial score (nSPS) is 10.7. The number of halogens is 2. The van der Waals surface area contributed by atoms with E-state index in [0.717, 1.165) is 0 Å². The first-order valence-electron chi connectivity index (χ1n) is 4.12. The van der Waals surface area contributed by atoms with Crippen molar-refractivity contribution in [1.82, 2.24) is 4.98 Å². The number of nitrogens with two attached hydrogens (primary N) is 1. The molecule has 0 aliphatic rings. The Morgan fingerprint density at radius 2 is 2.21 bits per heavy atom. The van der Waals surface area contributed by atoms with Gasteiger partial charge in [-0.1, -0.05) is 0 Å². The van der Waals surface area contributed by atoms with Crippen molar-refractivity contribution >= 4 is 0 Å². The predicted molar refractivity (Wildman–Crippen MR) is 48.4 cm³/mol. The fourth-order valence-electron chi connectivity index (χ4n) is 1.28. The summed E-state index contributed by atoms with van der Waals surface area (Å²) in [6.45, 7) is 1.76.